The van der Waals surface area contributed by atoms with Crippen molar-refractivity contribution in [3.05, 3.63) is 29.8 Å². The minimum absolute atomic E-state index is 0.184. The molecule has 9 nitrogen and oxygen atoms in total. The summed E-state index contributed by atoms with van der Waals surface area (Å²) < 4.78 is 10.2. The van der Waals surface area contributed by atoms with Crippen LogP contribution in [0, 0.1) is 11.3 Å². The van der Waals surface area contributed by atoms with Gasteiger partial charge in [-0.05, 0) is 43.1 Å². The molecule has 3 rings (SSSR count). The Balaban J connectivity index is 1.47. The predicted octanol–water partition coefficient (Wildman–Crippen LogP) is 2.77. The lowest BCUT2D eigenvalue weighted by atomic mass is 9.65. The van der Waals surface area contributed by atoms with Crippen LogP contribution in [-0.2, 0) is 25.7 Å². The standard InChI is InChI=1S/C25H35N3O6/c1-5-24(2,3)18-10-12-25(13-11-18)22(31)28(23(32)27-25)15-21(30)34-16-20(29)26-14-17-8-6-7-9-19(17)33-4/h6-9,18H,5,10-16H2,1-4H3,(H,26,29)(H,27,32). The summed E-state index contributed by atoms with van der Waals surface area (Å²) in [7, 11) is 1.54. The number of imide groups is 1. The summed E-state index contributed by atoms with van der Waals surface area (Å²) in [6.07, 6.45) is 3.86. The van der Waals surface area contributed by atoms with Gasteiger partial charge in [0.05, 0.1) is 7.11 Å². The Kier molecular flexibility index (Phi) is 7.84. The zero-order chi connectivity index (χ0) is 24.9. The normalized spacial score (nSPS) is 22.5. The van der Waals surface area contributed by atoms with E-state index in [4.69, 9.17) is 9.47 Å². The van der Waals surface area contributed by atoms with Gasteiger partial charge >= 0.3 is 12.0 Å². The zero-order valence-corrected chi connectivity index (χ0v) is 20.4. The molecule has 1 saturated heterocycles. The summed E-state index contributed by atoms with van der Waals surface area (Å²) in [4.78, 5) is 50.8. The third-order valence-corrected chi connectivity index (χ3v) is 7.42. The van der Waals surface area contributed by atoms with Gasteiger partial charge in [0.2, 0.25) is 0 Å². The fourth-order valence-corrected chi connectivity index (χ4v) is 4.75. The van der Waals surface area contributed by atoms with Crippen molar-refractivity contribution in [3.8, 4) is 5.75 Å². The van der Waals surface area contributed by atoms with Gasteiger partial charge in [-0.1, -0.05) is 45.4 Å². The van der Waals surface area contributed by atoms with E-state index in [1.54, 1.807) is 13.2 Å². The van der Waals surface area contributed by atoms with Crippen LogP contribution < -0.4 is 15.4 Å². The number of rotatable bonds is 9. The number of urea groups is 1. The molecular weight excluding hydrogens is 438 g/mol. The number of esters is 1. The molecule has 0 radical (unpaired) electrons. The molecule has 1 aromatic carbocycles. The summed E-state index contributed by atoms with van der Waals surface area (Å²) >= 11 is 0. The Morgan fingerprint density at radius 2 is 1.88 bits per heavy atom. The van der Waals surface area contributed by atoms with Gasteiger partial charge in [0.1, 0.15) is 17.8 Å². The highest BCUT2D eigenvalue weighted by atomic mass is 16.5. The van der Waals surface area contributed by atoms with E-state index in [2.05, 4.69) is 31.4 Å². The molecule has 0 atom stereocenters. The number of benzene rings is 1. The van der Waals surface area contributed by atoms with Gasteiger partial charge in [0.25, 0.3) is 11.8 Å². The first kappa shape index (κ1) is 25.5. The van der Waals surface area contributed by atoms with Crippen LogP contribution in [0.5, 0.6) is 5.75 Å². The third-order valence-electron chi connectivity index (χ3n) is 7.42. The average Bonchev–Trinajstić information content (AvgIpc) is 3.05. The second-order valence-corrected chi connectivity index (χ2v) is 9.77. The van der Waals surface area contributed by atoms with Gasteiger partial charge in [-0.2, -0.15) is 0 Å². The molecule has 1 spiro atoms. The van der Waals surface area contributed by atoms with Crippen molar-refractivity contribution in [1.29, 1.82) is 0 Å². The molecule has 2 fully saturated rings. The first-order chi connectivity index (χ1) is 16.1. The van der Waals surface area contributed by atoms with Gasteiger partial charge < -0.3 is 20.1 Å². The zero-order valence-electron chi connectivity index (χ0n) is 20.4. The van der Waals surface area contributed by atoms with Gasteiger partial charge in [0, 0.05) is 12.1 Å². The molecule has 9 heteroatoms. The molecule has 4 amide bonds. The number of carbonyl (C=O) groups excluding carboxylic acids is 4. The van der Waals surface area contributed by atoms with Gasteiger partial charge in [-0.15, -0.1) is 0 Å². The number of carbonyl (C=O) groups is 4. The Labute approximate surface area is 200 Å². The minimum atomic E-state index is -0.941. The highest BCUT2D eigenvalue weighted by molar-refractivity contribution is 6.08. The molecule has 186 valence electrons. The van der Waals surface area contributed by atoms with Crippen molar-refractivity contribution in [2.75, 3.05) is 20.3 Å². The monoisotopic (exact) mass is 473 g/mol. The molecule has 2 N–H and O–H groups in total. The Morgan fingerprint density at radius 3 is 2.53 bits per heavy atom. The quantitative estimate of drug-likeness (QED) is 0.421. The van der Waals surface area contributed by atoms with E-state index < -0.39 is 36.6 Å². The lowest BCUT2D eigenvalue weighted by Gasteiger charge is -2.42. The van der Waals surface area contributed by atoms with Crippen LogP contribution in [0.3, 0.4) is 0 Å². The van der Waals surface area contributed by atoms with Gasteiger partial charge in [-0.25, -0.2) is 4.79 Å². The summed E-state index contributed by atoms with van der Waals surface area (Å²) in [6, 6.07) is 6.66. The fourth-order valence-electron chi connectivity index (χ4n) is 4.75. The maximum Gasteiger partial charge on any atom is 0.326 e. The van der Waals surface area contributed by atoms with Gasteiger partial charge in [-0.3, -0.25) is 19.3 Å². The molecule has 0 unspecified atom stereocenters. The molecule has 1 aromatic rings. The van der Waals surface area contributed by atoms with Crippen molar-refractivity contribution in [2.45, 2.75) is 65.0 Å². The summed E-state index contributed by atoms with van der Waals surface area (Å²) in [6.45, 7) is 5.83. The molecule has 34 heavy (non-hydrogen) atoms. The average molecular weight is 474 g/mol. The Hall–Kier alpha value is -3.10. The number of para-hydroxylation sites is 1. The van der Waals surface area contributed by atoms with Crippen LogP contribution in [0.1, 0.15) is 58.4 Å². The van der Waals surface area contributed by atoms with E-state index >= 15 is 0 Å². The van der Waals surface area contributed by atoms with E-state index in [1.807, 2.05) is 18.2 Å². The van der Waals surface area contributed by atoms with E-state index in [-0.39, 0.29) is 17.9 Å². The lowest BCUT2D eigenvalue weighted by molar-refractivity contribution is -0.151. The number of methoxy groups -OCH3 is 1. The van der Waals surface area contributed by atoms with Crippen molar-refractivity contribution >= 4 is 23.8 Å². The number of ether oxygens (including phenoxy) is 2. The van der Waals surface area contributed by atoms with E-state index in [1.165, 1.54) is 0 Å². The summed E-state index contributed by atoms with van der Waals surface area (Å²) in [5.41, 5.74) is 0.0265. The number of hydrogen-bond donors (Lipinski definition) is 2. The molecular formula is C25H35N3O6. The van der Waals surface area contributed by atoms with Crippen molar-refractivity contribution in [1.82, 2.24) is 15.5 Å². The van der Waals surface area contributed by atoms with Crippen LogP contribution in [0.15, 0.2) is 24.3 Å². The van der Waals surface area contributed by atoms with E-state index in [9.17, 15) is 19.2 Å². The molecule has 1 heterocycles. The fraction of sp³-hybridized carbons (Fsp3) is 0.600. The number of amides is 4. The lowest BCUT2D eigenvalue weighted by Crippen LogP contribution is -2.51. The molecule has 1 aliphatic carbocycles. The Morgan fingerprint density at radius 1 is 1.21 bits per heavy atom. The van der Waals surface area contributed by atoms with Crippen molar-refractivity contribution in [3.63, 3.8) is 0 Å². The highest BCUT2D eigenvalue weighted by Crippen LogP contribution is 2.45. The topological polar surface area (TPSA) is 114 Å². The van der Waals surface area contributed by atoms with Crippen LogP contribution in [0.2, 0.25) is 0 Å². The smallest absolute Gasteiger partial charge is 0.326 e. The van der Waals surface area contributed by atoms with Gasteiger partial charge in [0.15, 0.2) is 6.61 Å². The number of nitrogens with one attached hydrogen (secondary N) is 2. The summed E-state index contributed by atoms with van der Waals surface area (Å²) in [5.74, 6) is -0.567. The van der Waals surface area contributed by atoms with E-state index in [0.717, 1.165) is 29.7 Å². The van der Waals surface area contributed by atoms with Crippen molar-refractivity contribution in [2.24, 2.45) is 11.3 Å². The minimum Gasteiger partial charge on any atom is -0.496 e. The van der Waals surface area contributed by atoms with Crippen LogP contribution in [0.4, 0.5) is 4.79 Å². The molecule has 2 aliphatic rings. The highest BCUT2D eigenvalue weighted by Gasteiger charge is 2.53. The largest absolute Gasteiger partial charge is 0.496 e. The maximum absolute atomic E-state index is 13.1. The molecule has 0 aromatic heterocycles. The van der Waals surface area contributed by atoms with Crippen LogP contribution in [-0.4, -0.2) is 54.5 Å². The second-order valence-electron chi connectivity index (χ2n) is 9.77. The molecule has 0 bridgehead atoms. The summed E-state index contributed by atoms with van der Waals surface area (Å²) in [5, 5.41) is 5.47. The number of nitrogens with zero attached hydrogens (tertiary/aromatic N) is 1. The van der Waals surface area contributed by atoms with Crippen LogP contribution in [0.25, 0.3) is 0 Å². The maximum atomic E-state index is 13.1. The second kappa shape index (κ2) is 10.4. The first-order valence-corrected chi connectivity index (χ1v) is 11.8. The SMILES string of the molecule is CCC(C)(C)C1CCC2(CC1)NC(=O)N(CC(=O)OCC(=O)NCc1ccccc1OC)C2=O. The first-order valence-electron chi connectivity index (χ1n) is 11.8. The van der Waals surface area contributed by atoms with Crippen LogP contribution >= 0.6 is 0 Å². The number of hydrogen-bond acceptors (Lipinski definition) is 6. The third kappa shape index (κ3) is 5.51. The predicted molar refractivity (Wildman–Crippen MR) is 125 cm³/mol. The Bertz CT molecular complexity index is 936. The molecule has 1 saturated carbocycles. The van der Waals surface area contributed by atoms with E-state index in [0.29, 0.717) is 24.5 Å². The van der Waals surface area contributed by atoms with Crippen molar-refractivity contribution < 1.29 is 28.7 Å². The molecule has 1 aliphatic heterocycles.